The Labute approximate surface area is 72.5 Å². The van der Waals surface area contributed by atoms with E-state index in [9.17, 15) is 0 Å². The van der Waals surface area contributed by atoms with Gasteiger partial charge in [-0.2, -0.15) is 0 Å². The molecular formula is C10H13NO. The molecule has 0 atom stereocenters. The molecule has 1 aliphatic heterocycles. The van der Waals surface area contributed by atoms with Gasteiger partial charge in [0.1, 0.15) is 5.75 Å². The summed E-state index contributed by atoms with van der Waals surface area (Å²) in [5.41, 5.74) is 2.57. The van der Waals surface area contributed by atoms with E-state index >= 15 is 0 Å². The summed E-state index contributed by atoms with van der Waals surface area (Å²) in [6.45, 7) is 3.80. The molecule has 0 aromatic heterocycles. The van der Waals surface area contributed by atoms with Gasteiger partial charge in [-0.25, -0.2) is 0 Å². The Kier molecular flexibility index (Phi) is 1.90. The van der Waals surface area contributed by atoms with Crippen LogP contribution in [0.25, 0.3) is 0 Å². The SMILES string of the molecule is CCOc1cccc2c1CCN2. The summed E-state index contributed by atoms with van der Waals surface area (Å²) >= 11 is 0. The average molecular weight is 163 g/mol. The number of hydrogen-bond acceptors (Lipinski definition) is 2. The lowest BCUT2D eigenvalue weighted by Gasteiger charge is -2.07. The summed E-state index contributed by atoms with van der Waals surface area (Å²) in [6.07, 6.45) is 1.09. The minimum absolute atomic E-state index is 0.746. The molecule has 0 amide bonds. The minimum Gasteiger partial charge on any atom is -0.494 e. The van der Waals surface area contributed by atoms with E-state index in [1.54, 1.807) is 0 Å². The van der Waals surface area contributed by atoms with Gasteiger partial charge in [0, 0.05) is 17.8 Å². The second-order valence-electron chi connectivity index (χ2n) is 2.89. The van der Waals surface area contributed by atoms with Gasteiger partial charge in [-0.05, 0) is 25.5 Å². The fourth-order valence-corrected chi connectivity index (χ4v) is 1.60. The van der Waals surface area contributed by atoms with Crippen molar-refractivity contribution in [2.24, 2.45) is 0 Å². The van der Waals surface area contributed by atoms with E-state index in [0.29, 0.717) is 0 Å². The fourth-order valence-electron chi connectivity index (χ4n) is 1.60. The third-order valence-electron chi connectivity index (χ3n) is 2.12. The van der Waals surface area contributed by atoms with Crippen LogP contribution in [0.15, 0.2) is 18.2 Å². The van der Waals surface area contributed by atoms with Gasteiger partial charge in [0.25, 0.3) is 0 Å². The maximum atomic E-state index is 5.51. The van der Waals surface area contributed by atoms with E-state index in [-0.39, 0.29) is 0 Å². The van der Waals surface area contributed by atoms with E-state index < -0.39 is 0 Å². The third kappa shape index (κ3) is 1.13. The Hall–Kier alpha value is -1.18. The molecule has 0 fully saturated rings. The molecule has 0 spiro atoms. The predicted molar refractivity (Wildman–Crippen MR) is 49.8 cm³/mol. The lowest BCUT2D eigenvalue weighted by molar-refractivity contribution is 0.337. The van der Waals surface area contributed by atoms with Gasteiger partial charge in [0.2, 0.25) is 0 Å². The van der Waals surface area contributed by atoms with Crippen molar-refractivity contribution in [3.05, 3.63) is 23.8 Å². The van der Waals surface area contributed by atoms with Crippen LogP contribution in [0, 0.1) is 0 Å². The Balaban J connectivity index is 2.36. The van der Waals surface area contributed by atoms with Crippen LogP contribution < -0.4 is 10.1 Å². The first-order valence-electron chi connectivity index (χ1n) is 4.40. The van der Waals surface area contributed by atoms with Gasteiger partial charge in [0.15, 0.2) is 0 Å². The van der Waals surface area contributed by atoms with Crippen molar-refractivity contribution in [2.45, 2.75) is 13.3 Å². The van der Waals surface area contributed by atoms with Crippen molar-refractivity contribution >= 4 is 5.69 Å². The summed E-state index contributed by atoms with van der Waals surface area (Å²) in [7, 11) is 0. The second-order valence-corrected chi connectivity index (χ2v) is 2.89. The largest absolute Gasteiger partial charge is 0.494 e. The van der Waals surface area contributed by atoms with Crippen LogP contribution in [0.5, 0.6) is 5.75 Å². The highest BCUT2D eigenvalue weighted by molar-refractivity contribution is 5.61. The van der Waals surface area contributed by atoms with Gasteiger partial charge in [-0.1, -0.05) is 6.07 Å². The summed E-state index contributed by atoms with van der Waals surface area (Å²) in [4.78, 5) is 0. The quantitative estimate of drug-likeness (QED) is 0.720. The first-order chi connectivity index (χ1) is 5.92. The van der Waals surface area contributed by atoms with Crippen molar-refractivity contribution in [2.75, 3.05) is 18.5 Å². The van der Waals surface area contributed by atoms with Gasteiger partial charge in [-0.15, -0.1) is 0 Å². The van der Waals surface area contributed by atoms with Crippen LogP contribution in [0.4, 0.5) is 5.69 Å². The number of anilines is 1. The number of ether oxygens (including phenoxy) is 1. The summed E-state index contributed by atoms with van der Waals surface area (Å²) in [5, 5.41) is 3.32. The standard InChI is InChI=1S/C10H13NO/c1-2-12-10-5-3-4-9-8(10)6-7-11-9/h3-5,11H,2,6-7H2,1H3. The molecule has 2 rings (SSSR count). The van der Waals surface area contributed by atoms with Gasteiger partial charge < -0.3 is 10.1 Å². The number of hydrogen-bond donors (Lipinski definition) is 1. The fraction of sp³-hybridized carbons (Fsp3) is 0.400. The van der Waals surface area contributed by atoms with Crippen molar-refractivity contribution in [1.29, 1.82) is 0 Å². The zero-order valence-corrected chi connectivity index (χ0v) is 7.26. The summed E-state index contributed by atoms with van der Waals surface area (Å²) < 4.78 is 5.51. The van der Waals surface area contributed by atoms with Crippen LogP contribution in [0.3, 0.4) is 0 Å². The summed E-state index contributed by atoms with van der Waals surface area (Å²) in [5.74, 6) is 1.04. The highest BCUT2D eigenvalue weighted by atomic mass is 16.5. The van der Waals surface area contributed by atoms with Crippen LogP contribution in [0.2, 0.25) is 0 Å². The predicted octanol–water partition coefficient (Wildman–Crippen LogP) is 2.05. The maximum absolute atomic E-state index is 5.51. The molecule has 12 heavy (non-hydrogen) atoms. The molecular weight excluding hydrogens is 150 g/mol. The normalized spacial score (nSPS) is 13.8. The number of benzene rings is 1. The van der Waals surface area contributed by atoms with E-state index in [1.165, 1.54) is 11.3 Å². The number of rotatable bonds is 2. The molecule has 1 aromatic carbocycles. The number of fused-ring (bicyclic) bond motifs is 1. The van der Waals surface area contributed by atoms with Crippen molar-refractivity contribution in [1.82, 2.24) is 0 Å². The first kappa shape index (κ1) is 7.47. The number of nitrogens with one attached hydrogen (secondary N) is 1. The molecule has 1 aromatic rings. The van der Waals surface area contributed by atoms with Crippen molar-refractivity contribution in [3.63, 3.8) is 0 Å². The minimum atomic E-state index is 0.746. The molecule has 2 nitrogen and oxygen atoms in total. The highest BCUT2D eigenvalue weighted by Gasteiger charge is 2.13. The smallest absolute Gasteiger partial charge is 0.124 e. The van der Waals surface area contributed by atoms with Crippen molar-refractivity contribution in [3.8, 4) is 5.75 Å². The van der Waals surface area contributed by atoms with Crippen LogP contribution in [-0.2, 0) is 6.42 Å². The van der Waals surface area contributed by atoms with E-state index in [0.717, 1.165) is 25.3 Å². The Morgan fingerprint density at radius 2 is 2.42 bits per heavy atom. The molecule has 64 valence electrons. The van der Waals surface area contributed by atoms with Gasteiger partial charge in [0.05, 0.1) is 6.61 Å². The Morgan fingerprint density at radius 3 is 3.25 bits per heavy atom. The topological polar surface area (TPSA) is 21.3 Å². The first-order valence-corrected chi connectivity index (χ1v) is 4.40. The third-order valence-corrected chi connectivity index (χ3v) is 2.12. The van der Waals surface area contributed by atoms with E-state index in [1.807, 2.05) is 19.1 Å². The highest BCUT2D eigenvalue weighted by Crippen LogP contribution is 2.30. The lowest BCUT2D eigenvalue weighted by Crippen LogP contribution is -1.94. The molecule has 1 aliphatic rings. The average Bonchev–Trinajstić information content (AvgIpc) is 2.53. The van der Waals surface area contributed by atoms with Gasteiger partial charge >= 0.3 is 0 Å². The maximum Gasteiger partial charge on any atom is 0.124 e. The molecule has 0 bridgehead atoms. The second kappa shape index (κ2) is 3.05. The van der Waals surface area contributed by atoms with E-state index in [2.05, 4.69) is 11.4 Å². The van der Waals surface area contributed by atoms with Crippen LogP contribution in [-0.4, -0.2) is 13.2 Å². The molecule has 0 saturated carbocycles. The molecule has 0 radical (unpaired) electrons. The molecule has 0 saturated heterocycles. The monoisotopic (exact) mass is 163 g/mol. The Bertz CT molecular complexity index is 283. The lowest BCUT2D eigenvalue weighted by atomic mass is 10.1. The molecule has 1 N–H and O–H groups in total. The molecule has 0 unspecified atom stereocenters. The zero-order valence-electron chi connectivity index (χ0n) is 7.26. The van der Waals surface area contributed by atoms with E-state index in [4.69, 9.17) is 4.74 Å². The van der Waals surface area contributed by atoms with Crippen molar-refractivity contribution < 1.29 is 4.74 Å². The molecule has 1 heterocycles. The Morgan fingerprint density at radius 1 is 1.50 bits per heavy atom. The molecule has 2 heteroatoms. The van der Waals surface area contributed by atoms with Crippen LogP contribution >= 0.6 is 0 Å². The van der Waals surface area contributed by atoms with Gasteiger partial charge in [-0.3, -0.25) is 0 Å². The van der Waals surface area contributed by atoms with Crippen LogP contribution in [0.1, 0.15) is 12.5 Å². The zero-order chi connectivity index (χ0) is 8.39. The molecule has 0 aliphatic carbocycles. The summed E-state index contributed by atoms with van der Waals surface area (Å²) in [6, 6.07) is 6.17.